The van der Waals surface area contributed by atoms with E-state index >= 15 is 0 Å². The lowest BCUT2D eigenvalue weighted by Crippen LogP contribution is -2.38. The molecular weight excluding hydrogens is 310 g/mol. The van der Waals surface area contributed by atoms with Crippen LogP contribution in [0.4, 0.5) is 0 Å². The number of hydrogen-bond donors (Lipinski definition) is 3. The van der Waals surface area contributed by atoms with E-state index in [-0.39, 0.29) is 12.5 Å². The molecule has 0 aliphatic heterocycles. The SMILES string of the molecule is CCNC(=NCC(=O)NCc1ccco1)NCc1nc(C)c(C)o1. The number of carbonyl (C=O) groups is 1. The fourth-order valence-corrected chi connectivity index (χ4v) is 1.92. The molecule has 24 heavy (non-hydrogen) atoms. The zero-order valence-corrected chi connectivity index (χ0v) is 14.2. The van der Waals surface area contributed by atoms with Gasteiger partial charge >= 0.3 is 0 Å². The maximum atomic E-state index is 11.8. The van der Waals surface area contributed by atoms with Gasteiger partial charge in [-0.25, -0.2) is 9.98 Å². The van der Waals surface area contributed by atoms with Gasteiger partial charge < -0.3 is 24.8 Å². The molecule has 0 aromatic carbocycles. The molecule has 130 valence electrons. The first-order valence-electron chi connectivity index (χ1n) is 7.82. The van der Waals surface area contributed by atoms with Crippen LogP contribution in [0.1, 0.15) is 30.0 Å². The van der Waals surface area contributed by atoms with Crippen molar-refractivity contribution in [2.45, 2.75) is 33.9 Å². The number of hydrogen-bond acceptors (Lipinski definition) is 5. The van der Waals surface area contributed by atoms with Gasteiger partial charge in [0.2, 0.25) is 11.8 Å². The Kier molecular flexibility index (Phi) is 6.41. The van der Waals surface area contributed by atoms with Crippen LogP contribution in [0.5, 0.6) is 0 Å². The summed E-state index contributed by atoms with van der Waals surface area (Å²) < 4.78 is 10.7. The van der Waals surface area contributed by atoms with Gasteiger partial charge in [0.05, 0.1) is 25.0 Å². The maximum Gasteiger partial charge on any atom is 0.242 e. The van der Waals surface area contributed by atoms with E-state index in [9.17, 15) is 4.79 Å². The predicted molar refractivity (Wildman–Crippen MR) is 89.4 cm³/mol. The minimum absolute atomic E-state index is 0.0136. The van der Waals surface area contributed by atoms with Gasteiger partial charge in [-0.1, -0.05) is 0 Å². The van der Waals surface area contributed by atoms with E-state index in [1.54, 1.807) is 18.4 Å². The maximum absolute atomic E-state index is 11.8. The third kappa shape index (κ3) is 5.45. The Bertz CT molecular complexity index is 656. The summed E-state index contributed by atoms with van der Waals surface area (Å²) in [7, 11) is 0. The van der Waals surface area contributed by atoms with Crippen molar-refractivity contribution < 1.29 is 13.6 Å². The van der Waals surface area contributed by atoms with Gasteiger partial charge in [-0.05, 0) is 32.9 Å². The second kappa shape index (κ2) is 8.76. The highest BCUT2D eigenvalue weighted by Crippen LogP contribution is 2.07. The molecule has 0 saturated carbocycles. The summed E-state index contributed by atoms with van der Waals surface area (Å²) in [6, 6.07) is 3.58. The lowest BCUT2D eigenvalue weighted by Gasteiger charge is -2.09. The van der Waals surface area contributed by atoms with Gasteiger partial charge in [0.15, 0.2) is 5.96 Å². The van der Waals surface area contributed by atoms with Crippen LogP contribution in [0.3, 0.4) is 0 Å². The molecule has 2 rings (SSSR count). The Hall–Kier alpha value is -2.77. The Morgan fingerprint density at radius 3 is 2.71 bits per heavy atom. The van der Waals surface area contributed by atoms with Crippen LogP contribution in [0.2, 0.25) is 0 Å². The summed E-state index contributed by atoms with van der Waals surface area (Å²) in [6.45, 7) is 7.16. The van der Waals surface area contributed by atoms with Crippen molar-refractivity contribution in [2.75, 3.05) is 13.1 Å². The molecule has 0 aliphatic rings. The van der Waals surface area contributed by atoms with E-state index in [1.165, 1.54) is 0 Å². The number of carbonyl (C=O) groups excluding carboxylic acids is 1. The van der Waals surface area contributed by atoms with Crippen LogP contribution < -0.4 is 16.0 Å². The number of aryl methyl sites for hydroxylation is 2. The number of oxazole rings is 1. The van der Waals surface area contributed by atoms with Crippen molar-refractivity contribution in [2.24, 2.45) is 4.99 Å². The van der Waals surface area contributed by atoms with Crippen molar-refractivity contribution in [3.05, 3.63) is 41.5 Å². The number of nitrogens with one attached hydrogen (secondary N) is 3. The molecule has 2 heterocycles. The highest BCUT2D eigenvalue weighted by molar-refractivity contribution is 5.84. The zero-order chi connectivity index (χ0) is 17.4. The van der Waals surface area contributed by atoms with Crippen molar-refractivity contribution in [1.82, 2.24) is 20.9 Å². The normalized spacial score (nSPS) is 11.4. The second-order valence-electron chi connectivity index (χ2n) is 5.15. The molecule has 1 amide bonds. The van der Waals surface area contributed by atoms with Crippen LogP contribution in [-0.2, 0) is 17.9 Å². The molecule has 0 unspecified atom stereocenters. The Morgan fingerprint density at radius 1 is 1.25 bits per heavy atom. The van der Waals surface area contributed by atoms with E-state index in [2.05, 4.69) is 25.9 Å². The highest BCUT2D eigenvalue weighted by Gasteiger charge is 2.07. The lowest BCUT2D eigenvalue weighted by molar-refractivity contribution is -0.119. The summed E-state index contributed by atoms with van der Waals surface area (Å²) in [6.07, 6.45) is 1.57. The molecule has 0 fully saturated rings. The monoisotopic (exact) mass is 333 g/mol. The highest BCUT2D eigenvalue weighted by atomic mass is 16.4. The van der Waals surface area contributed by atoms with E-state index in [0.29, 0.717) is 37.2 Å². The molecule has 8 nitrogen and oxygen atoms in total. The number of amides is 1. The van der Waals surface area contributed by atoms with Crippen molar-refractivity contribution >= 4 is 11.9 Å². The molecule has 2 aromatic heterocycles. The number of aromatic nitrogens is 1. The first-order chi connectivity index (χ1) is 11.6. The molecule has 0 radical (unpaired) electrons. The molecule has 0 bridgehead atoms. The molecule has 8 heteroatoms. The summed E-state index contributed by atoms with van der Waals surface area (Å²) in [5.41, 5.74) is 0.867. The zero-order valence-electron chi connectivity index (χ0n) is 14.2. The van der Waals surface area contributed by atoms with Gasteiger partial charge in [-0.3, -0.25) is 4.79 Å². The van der Waals surface area contributed by atoms with Crippen molar-refractivity contribution in [3.8, 4) is 0 Å². The Labute approximate surface area is 140 Å². The largest absolute Gasteiger partial charge is 0.467 e. The van der Waals surface area contributed by atoms with E-state index in [1.807, 2.05) is 20.8 Å². The molecule has 3 N–H and O–H groups in total. The summed E-state index contributed by atoms with van der Waals surface area (Å²) >= 11 is 0. The van der Waals surface area contributed by atoms with Crippen molar-refractivity contribution in [1.29, 1.82) is 0 Å². The van der Waals surface area contributed by atoms with Gasteiger partial charge in [0, 0.05) is 6.54 Å². The Balaban J connectivity index is 1.81. The quantitative estimate of drug-likeness (QED) is 0.520. The number of nitrogens with zero attached hydrogens (tertiary/aromatic N) is 2. The number of guanidine groups is 1. The first-order valence-corrected chi connectivity index (χ1v) is 7.82. The minimum Gasteiger partial charge on any atom is -0.467 e. The number of aliphatic imine (C=N–C) groups is 1. The third-order valence-corrected chi connectivity index (χ3v) is 3.24. The summed E-state index contributed by atoms with van der Waals surface area (Å²) in [5, 5.41) is 8.90. The smallest absolute Gasteiger partial charge is 0.242 e. The van der Waals surface area contributed by atoms with Gasteiger partial charge in [-0.15, -0.1) is 0 Å². The van der Waals surface area contributed by atoms with Crippen LogP contribution in [0.25, 0.3) is 0 Å². The second-order valence-corrected chi connectivity index (χ2v) is 5.15. The van der Waals surface area contributed by atoms with Crippen LogP contribution >= 0.6 is 0 Å². The number of furan rings is 1. The topological polar surface area (TPSA) is 105 Å². The van der Waals surface area contributed by atoms with Crippen LogP contribution in [0, 0.1) is 13.8 Å². The van der Waals surface area contributed by atoms with Crippen LogP contribution in [0.15, 0.2) is 32.2 Å². The predicted octanol–water partition coefficient (Wildman–Crippen LogP) is 1.26. The van der Waals surface area contributed by atoms with E-state index in [4.69, 9.17) is 8.83 Å². The first kappa shape index (κ1) is 17.6. The van der Waals surface area contributed by atoms with Gasteiger partial charge in [0.1, 0.15) is 18.1 Å². The van der Waals surface area contributed by atoms with Crippen LogP contribution in [-0.4, -0.2) is 29.9 Å². The average Bonchev–Trinajstić information content (AvgIpc) is 3.18. The standard InChI is InChI=1S/C16H23N5O3/c1-4-17-16(20-10-15-21-11(2)12(3)24-15)19-9-14(22)18-8-13-6-5-7-23-13/h5-7H,4,8-10H2,1-3H3,(H,18,22)(H2,17,19,20). The molecule has 0 aliphatic carbocycles. The number of rotatable bonds is 7. The molecule has 0 spiro atoms. The summed E-state index contributed by atoms with van der Waals surface area (Å²) in [4.78, 5) is 20.4. The fraction of sp³-hybridized carbons (Fsp3) is 0.438. The van der Waals surface area contributed by atoms with Gasteiger partial charge in [0.25, 0.3) is 0 Å². The molecule has 2 aromatic rings. The Morgan fingerprint density at radius 2 is 2.08 bits per heavy atom. The van der Waals surface area contributed by atoms with E-state index in [0.717, 1.165) is 11.5 Å². The van der Waals surface area contributed by atoms with Gasteiger partial charge in [-0.2, -0.15) is 0 Å². The molecule has 0 saturated heterocycles. The lowest BCUT2D eigenvalue weighted by atomic mass is 10.4. The third-order valence-electron chi connectivity index (χ3n) is 3.24. The minimum atomic E-state index is -0.189. The summed E-state index contributed by atoms with van der Waals surface area (Å²) in [5.74, 6) is 2.42. The fourth-order valence-electron chi connectivity index (χ4n) is 1.92. The van der Waals surface area contributed by atoms with Crippen molar-refractivity contribution in [3.63, 3.8) is 0 Å². The molecular formula is C16H23N5O3. The average molecular weight is 333 g/mol. The molecule has 0 atom stereocenters. The van der Waals surface area contributed by atoms with E-state index < -0.39 is 0 Å².